The monoisotopic (exact) mass is 198 g/mol. The van der Waals surface area contributed by atoms with Crippen LogP contribution in [-0.4, -0.2) is 24.4 Å². The van der Waals surface area contributed by atoms with E-state index < -0.39 is 0 Å². The van der Waals surface area contributed by atoms with E-state index in [1.165, 1.54) is 12.8 Å². The standard InChI is InChI=1S/C12H22O2/c1-9(2)10-3-4-11-12(7-10,8-13)5-6-14-11/h9-11,13H,3-8H2,1-2H3/t10-,11-,12+/m1/s1. The zero-order valence-corrected chi connectivity index (χ0v) is 9.33. The lowest BCUT2D eigenvalue weighted by atomic mass is 9.65. The van der Waals surface area contributed by atoms with E-state index in [1.807, 2.05) is 0 Å². The van der Waals surface area contributed by atoms with Crippen LogP contribution in [0.25, 0.3) is 0 Å². The van der Waals surface area contributed by atoms with E-state index >= 15 is 0 Å². The number of rotatable bonds is 2. The Bertz CT molecular complexity index is 202. The predicted octanol–water partition coefficient (Wildman–Crippen LogP) is 2.21. The van der Waals surface area contributed by atoms with Gasteiger partial charge in [-0.3, -0.25) is 0 Å². The molecule has 1 heterocycles. The van der Waals surface area contributed by atoms with Crippen LogP contribution in [0.4, 0.5) is 0 Å². The lowest BCUT2D eigenvalue weighted by molar-refractivity contribution is -0.0381. The van der Waals surface area contributed by atoms with Gasteiger partial charge in [0.1, 0.15) is 0 Å². The fourth-order valence-corrected chi connectivity index (χ4v) is 3.17. The number of aliphatic hydroxyl groups is 1. The summed E-state index contributed by atoms with van der Waals surface area (Å²) < 4.78 is 5.72. The molecule has 1 saturated carbocycles. The molecule has 0 unspecified atom stereocenters. The maximum atomic E-state index is 9.57. The van der Waals surface area contributed by atoms with E-state index in [0.717, 1.165) is 31.3 Å². The summed E-state index contributed by atoms with van der Waals surface area (Å²) in [5.74, 6) is 1.54. The third kappa shape index (κ3) is 1.59. The lowest BCUT2D eigenvalue weighted by Crippen LogP contribution is -2.41. The molecule has 0 spiro atoms. The van der Waals surface area contributed by atoms with Crippen LogP contribution in [0, 0.1) is 17.3 Å². The summed E-state index contributed by atoms with van der Waals surface area (Å²) in [4.78, 5) is 0. The van der Waals surface area contributed by atoms with Crippen LogP contribution in [0.5, 0.6) is 0 Å². The Morgan fingerprint density at radius 1 is 1.43 bits per heavy atom. The van der Waals surface area contributed by atoms with Gasteiger partial charge in [-0.1, -0.05) is 13.8 Å². The molecule has 1 N–H and O–H groups in total. The number of aliphatic hydroxyl groups excluding tert-OH is 1. The van der Waals surface area contributed by atoms with Crippen LogP contribution < -0.4 is 0 Å². The number of hydrogen-bond donors (Lipinski definition) is 1. The van der Waals surface area contributed by atoms with Crippen molar-refractivity contribution in [2.24, 2.45) is 17.3 Å². The summed E-state index contributed by atoms with van der Waals surface area (Å²) in [6, 6.07) is 0. The van der Waals surface area contributed by atoms with Crippen molar-refractivity contribution in [3.05, 3.63) is 0 Å². The smallest absolute Gasteiger partial charge is 0.0654 e. The van der Waals surface area contributed by atoms with Crippen molar-refractivity contribution in [3.63, 3.8) is 0 Å². The second-order valence-electron chi connectivity index (χ2n) is 5.42. The highest BCUT2D eigenvalue weighted by Crippen LogP contribution is 2.48. The first-order chi connectivity index (χ1) is 6.68. The van der Waals surface area contributed by atoms with Gasteiger partial charge in [0.15, 0.2) is 0 Å². The largest absolute Gasteiger partial charge is 0.396 e. The minimum atomic E-state index is 0.118. The molecule has 1 aliphatic heterocycles. The maximum absolute atomic E-state index is 9.57. The van der Waals surface area contributed by atoms with Gasteiger partial charge in [0.25, 0.3) is 0 Å². The molecule has 2 heteroatoms. The van der Waals surface area contributed by atoms with Crippen molar-refractivity contribution in [3.8, 4) is 0 Å². The van der Waals surface area contributed by atoms with Gasteiger partial charge in [-0.2, -0.15) is 0 Å². The average Bonchev–Trinajstić information content (AvgIpc) is 2.60. The highest BCUT2D eigenvalue weighted by Gasteiger charge is 2.48. The number of hydrogen-bond acceptors (Lipinski definition) is 2. The summed E-state index contributed by atoms with van der Waals surface area (Å²) in [7, 11) is 0. The van der Waals surface area contributed by atoms with Crippen molar-refractivity contribution in [2.45, 2.75) is 45.6 Å². The molecule has 0 aromatic heterocycles. The van der Waals surface area contributed by atoms with Crippen LogP contribution in [0.1, 0.15) is 39.5 Å². The molecule has 14 heavy (non-hydrogen) atoms. The average molecular weight is 198 g/mol. The van der Waals surface area contributed by atoms with Crippen molar-refractivity contribution in [1.82, 2.24) is 0 Å². The summed E-state index contributed by atoms with van der Waals surface area (Å²) >= 11 is 0. The van der Waals surface area contributed by atoms with Gasteiger partial charge in [-0.15, -0.1) is 0 Å². The van der Waals surface area contributed by atoms with Crippen LogP contribution in [0.3, 0.4) is 0 Å². The summed E-state index contributed by atoms with van der Waals surface area (Å²) in [6.45, 7) is 5.77. The Morgan fingerprint density at radius 3 is 2.86 bits per heavy atom. The van der Waals surface area contributed by atoms with Gasteiger partial charge in [-0.05, 0) is 37.5 Å². The molecular weight excluding hydrogens is 176 g/mol. The summed E-state index contributed by atoms with van der Waals surface area (Å²) in [6.07, 6.45) is 5.03. The molecule has 1 aliphatic carbocycles. The molecule has 0 amide bonds. The molecule has 0 bridgehead atoms. The quantitative estimate of drug-likeness (QED) is 0.737. The molecule has 2 fully saturated rings. The molecule has 3 atom stereocenters. The fraction of sp³-hybridized carbons (Fsp3) is 1.00. The first kappa shape index (κ1) is 10.4. The maximum Gasteiger partial charge on any atom is 0.0654 e. The highest BCUT2D eigenvalue weighted by atomic mass is 16.5. The van der Waals surface area contributed by atoms with Crippen molar-refractivity contribution >= 4 is 0 Å². The van der Waals surface area contributed by atoms with Crippen LogP contribution in [-0.2, 0) is 4.74 Å². The summed E-state index contributed by atoms with van der Waals surface area (Å²) in [5.41, 5.74) is 0.118. The first-order valence-corrected chi connectivity index (χ1v) is 5.90. The Hall–Kier alpha value is -0.0800. The normalized spacial score (nSPS) is 42.9. The fourth-order valence-electron chi connectivity index (χ4n) is 3.17. The van der Waals surface area contributed by atoms with Crippen LogP contribution in [0.2, 0.25) is 0 Å². The van der Waals surface area contributed by atoms with Gasteiger partial charge in [0.05, 0.1) is 12.7 Å². The third-order valence-electron chi connectivity index (χ3n) is 4.33. The second-order valence-corrected chi connectivity index (χ2v) is 5.42. The minimum Gasteiger partial charge on any atom is -0.396 e. The van der Waals surface area contributed by atoms with E-state index in [1.54, 1.807) is 0 Å². The molecule has 0 aromatic carbocycles. The van der Waals surface area contributed by atoms with E-state index in [2.05, 4.69) is 13.8 Å². The molecule has 82 valence electrons. The molecular formula is C12H22O2. The Labute approximate surface area is 86.6 Å². The van der Waals surface area contributed by atoms with Gasteiger partial charge < -0.3 is 9.84 Å². The van der Waals surface area contributed by atoms with Gasteiger partial charge in [0, 0.05) is 12.0 Å². The zero-order valence-electron chi connectivity index (χ0n) is 9.33. The first-order valence-electron chi connectivity index (χ1n) is 5.90. The van der Waals surface area contributed by atoms with Crippen LogP contribution in [0.15, 0.2) is 0 Å². The number of fused-ring (bicyclic) bond motifs is 1. The molecule has 2 aliphatic rings. The third-order valence-corrected chi connectivity index (χ3v) is 4.33. The van der Waals surface area contributed by atoms with E-state index in [-0.39, 0.29) is 5.41 Å². The van der Waals surface area contributed by atoms with Gasteiger partial charge in [0.2, 0.25) is 0 Å². The lowest BCUT2D eigenvalue weighted by Gasteiger charge is -2.42. The van der Waals surface area contributed by atoms with Crippen molar-refractivity contribution in [1.29, 1.82) is 0 Å². The highest BCUT2D eigenvalue weighted by molar-refractivity contribution is 4.97. The van der Waals surface area contributed by atoms with Crippen molar-refractivity contribution in [2.75, 3.05) is 13.2 Å². The Kier molecular flexibility index (Phi) is 2.85. The van der Waals surface area contributed by atoms with E-state index in [4.69, 9.17) is 4.74 Å². The minimum absolute atomic E-state index is 0.118. The Balaban J connectivity index is 2.09. The molecule has 2 nitrogen and oxygen atoms in total. The number of ether oxygens (including phenoxy) is 1. The second kappa shape index (κ2) is 3.82. The van der Waals surface area contributed by atoms with Gasteiger partial charge >= 0.3 is 0 Å². The molecule has 2 rings (SSSR count). The topological polar surface area (TPSA) is 29.5 Å². The Morgan fingerprint density at radius 2 is 2.21 bits per heavy atom. The van der Waals surface area contributed by atoms with E-state index in [0.29, 0.717) is 12.7 Å². The summed E-state index contributed by atoms with van der Waals surface area (Å²) in [5, 5.41) is 9.57. The zero-order chi connectivity index (χ0) is 10.2. The van der Waals surface area contributed by atoms with Crippen LogP contribution >= 0.6 is 0 Å². The predicted molar refractivity (Wildman–Crippen MR) is 56.1 cm³/mol. The van der Waals surface area contributed by atoms with E-state index in [9.17, 15) is 5.11 Å². The molecule has 0 radical (unpaired) electrons. The molecule has 1 saturated heterocycles. The SMILES string of the molecule is CC(C)[C@@H]1CC[C@H]2OCC[C@@]2(CO)C1. The van der Waals surface area contributed by atoms with Gasteiger partial charge in [-0.25, -0.2) is 0 Å². The van der Waals surface area contributed by atoms with Crippen molar-refractivity contribution < 1.29 is 9.84 Å². The molecule has 0 aromatic rings.